The zero-order chi connectivity index (χ0) is 21.5. The monoisotopic (exact) mass is 420 g/mol. The van der Waals surface area contributed by atoms with Crippen molar-refractivity contribution in [1.82, 2.24) is 15.0 Å². The highest BCUT2D eigenvalue weighted by atomic mass is 16.5. The highest BCUT2D eigenvalue weighted by Gasteiger charge is 2.19. The average Bonchev–Trinajstić information content (AvgIpc) is 2.84. The summed E-state index contributed by atoms with van der Waals surface area (Å²) < 4.78 is 10.7. The lowest BCUT2D eigenvalue weighted by atomic mass is 10.3. The number of aromatic nitrogens is 3. The maximum absolute atomic E-state index is 12.2. The number of para-hydroxylation sites is 2. The zero-order valence-corrected chi connectivity index (χ0v) is 17.3. The van der Waals surface area contributed by atoms with E-state index in [1.807, 2.05) is 30.3 Å². The van der Waals surface area contributed by atoms with E-state index in [1.165, 1.54) is 0 Å². The lowest BCUT2D eigenvalue weighted by Gasteiger charge is -2.35. The van der Waals surface area contributed by atoms with Crippen LogP contribution in [0.2, 0.25) is 0 Å². The SMILES string of the molecule is COc1ccccc1OCC(=O)Nc1cnc(N2CCN(c3ccccn3)CC2)nc1. The van der Waals surface area contributed by atoms with Crippen molar-refractivity contribution in [2.45, 2.75) is 0 Å². The fourth-order valence-electron chi connectivity index (χ4n) is 3.30. The summed E-state index contributed by atoms with van der Waals surface area (Å²) in [5.74, 6) is 2.41. The number of hydrogen-bond donors (Lipinski definition) is 1. The Morgan fingerprint density at radius 1 is 0.935 bits per heavy atom. The zero-order valence-electron chi connectivity index (χ0n) is 17.3. The van der Waals surface area contributed by atoms with Gasteiger partial charge in [0.15, 0.2) is 18.1 Å². The van der Waals surface area contributed by atoms with Crippen molar-refractivity contribution in [3.05, 3.63) is 61.1 Å². The molecule has 1 saturated heterocycles. The van der Waals surface area contributed by atoms with E-state index in [-0.39, 0.29) is 12.5 Å². The number of pyridine rings is 1. The highest BCUT2D eigenvalue weighted by molar-refractivity contribution is 5.91. The molecule has 0 saturated carbocycles. The van der Waals surface area contributed by atoms with E-state index in [0.29, 0.717) is 23.1 Å². The number of piperazine rings is 1. The predicted octanol–water partition coefficient (Wildman–Crippen LogP) is 2.22. The largest absolute Gasteiger partial charge is 0.493 e. The molecular formula is C22H24N6O3. The molecule has 0 unspecified atom stereocenters. The summed E-state index contributed by atoms with van der Waals surface area (Å²) in [4.78, 5) is 29.8. The number of ether oxygens (including phenoxy) is 2. The van der Waals surface area contributed by atoms with E-state index >= 15 is 0 Å². The summed E-state index contributed by atoms with van der Waals surface area (Å²) in [6.45, 7) is 3.15. The second kappa shape index (κ2) is 9.75. The Hall–Kier alpha value is -3.88. The topological polar surface area (TPSA) is 92.7 Å². The number of methoxy groups -OCH3 is 1. The normalized spacial score (nSPS) is 13.6. The van der Waals surface area contributed by atoms with Crippen molar-refractivity contribution in [2.24, 2.45) is 0 Å². The Labute approximate surface area is 180 Å². The fraction of sp³-hybridized carbons (Fsp3) is 0.273. The summed E-state index contributed by atoms with van der Waals surface area (Å²) >= 11 is 0. The van der Waals surface area contributed by atoms with Crippen molar-refractivity contribution in [3.8, 4) is 11.5 Å². The summed E-state index contributed by atoms with van der Waals surface area (Å²) in [6, 6.07) is 13.1. The quantitative estimate of drug-likeness (QED) is 0.622. The molecule has 160 valence electrons. The maximum Gasteiger partial charge on any atom is 0.262 e. The van der Waals surface area contributed by atoms with Gasteiger partial charge in [-0.25, -0.2) is 15.0 Å². The molecule has 9 nitrogen and oxygen atoms in total. The van der Waals surface area contributed by atoms with Crippen LogP contribution < -0.4 is 24.6 Å². The van der Waals surface area contributed by atoms with Crippen LogP contribution in [0.4, 0.5) is 17.5 Å². The summed E-state index contributed by atoms with van der Waals surface area (Å²) in [5.41, 5.74) is 0.518. The van der Waals surface area contributed by atoms with Gasteiger partial charge in [0.25, 0.3) is 5.91 Å². The molecule has 1 N–H and O–H groups in total. The molecule has 3 heterocycles. The van der Waals surface area contributed by atoms with Crippen LogP contribution in [-0.2, 0) is 4.79 Å². The molecule has 1 amide bonds. The van der Waals surface area contributed by atoms with E-state index in [4.69, 9.17) is 9.47 Å². The summed E-state index contributed by atoms with van der Waals surface area (Å²) in [7, 11) is 1.56. The Bertz CT molecular complexity index is 992. The molecule has 9 heteroatoms. The predicted molar refractivity (Wildman–Crippen MR) is 118 cm³/mol. The molecule has 3 aromatic rings. The number of anilines is 3. The van der Waals surface area contributed by atoms with Crippen LogP contribution in [0.3, 0.4) is 0 Å². The van der Waals surface area contributed by atoms with Crippen molar-refractivity contribution >= 4 is 23.4 Å². The summed E-state index contributed by atoms with van der Waals surface area (Å²) in [6.07, 6.45) is 5.02. The number of nitrogens with zero attached hydrogens (tertiary/aromatic N) is 5. The third-order valence-electron chi connectivity index (χ3n) is 4.89. The second-order valence-electron chi connectivity index (χ2n) is 6.92. The van der Waals surface area contributed by atoms with Crippen LogP contribution in [0, 0.1) is 0 Å². The number of benzene rings is 1. The third-order valence-corrected chi connectivity index (χ3v) is 4.89. The molecule has 1 fully saturated rings. The smallest absolute Gasteiger partial charge is 0.262 e. The van der Waals surface area contributed by atoms with Gasteiger partial charge in [-0.2, -0.15) is 0 Å². The first kappa shape index (κ1) is 20.4. The number of carbonyl (C=O) groups excluding carboxylic acids is 1. The molecule has 0 spiro atoms. The van der Waals surface area contributed by atoms with Crippen molar-refractivity contribution in [1.29, 1.82) is 0 Å². The molecule has 0 bridgehead atoms. The van der Waals surface area contributed by atoms with Crippen LogP contribution in [0.15, 0.2) is 61.1 Å². The molecule has 0 aliphatic carbocycles. The number of amides is 1. The van der Waals surface area contributed by atoms with Gasteiger partial charge in [-0.05, 0) is 24.3 Å². The van der Waals surface area contributed by atoms with E-state index in [9.17, 15) is 4.79 Å². The number of nitrogens with one attached hydrogen (secondary N) is 1. The molecule has 0 radical (unpaired) electrons. The van der Waals surface area contributed by atoms with Crippen LogP contribution in [0.1, 0.15) is 0 Å². The lowest BCUT2D eigenvalue weighted by molar-refractivity contribution is -0.118. The van der Waals surface area contributed by atoms with E-state index in [2.05, 4.69) is 30.1 Å². The van der Waals surface area contributed by atoms with Crippen LogP contribution in [-0.4, -0.2) is 60.8 Å². The van der Waals surface area contributed by atoms with Gasteiger partial charge in [0.1, 0.15) is 5.82 Å². The molecule has 1 aliphatic heterocycles. The van der Waals surface area contributed by atoms with Gasteiger partial charge < -0.3 is 24.6 Å². The van der Waals surface area contributed by atoms with Gasteiger partial charge >= 0.3 is 0 Å². The molecule has 31 heavy (non-hydrogen) atoms. The lowest BCUT2D eigenvalue weighted by Crippen LogP contribution is -2.47. The van der Waals surface area contributed by atoms with Gasteiger partial charge in [-0.3, -0.25) is 4.79 Å². The molecule has 4 rings (SSSR count). The maximum atomic E-state index is 12.2. The van der Waals surface area contributed by atoms with E-state index < -0.39 is 0 Å². The van der Waals surface area contributed by atoms with Gasteiger partial charge in [0.2, 0.25) is 5.95 Å². The first-order valence-corrected chi connectivity index (χ1v) is 10.0. The van der Waals surface area contributed by atoms with Gasteiger partial charge in [-0.15, -0.1) is 0 Å². The van der Waals surface area contributed by atoms with Crippen molar-refractivity contribution in [2.75, 3.05) is 55.0 Å². The van der Waals surface area contributed by atoms with Crippen LogP contribution >= 0.6 is 0 Å². The van der Waals surface area contributed by atoms with E-state index in [0.717, 1.165) is 32.0 Å². The highest BCUT2D eigenvalue weighted by Crippen LogP contribution is 2.25. The number of rotatable bonds is 7. The van der Waals surface area contributed by atoms with Crippen molar-refractivity contribution in [3.63, 3.8) is 0 Å². The van der Waals surface area contributed by atoms with Crippen LogP contribution in [0.25, 0.3) is 0 Å². The minimum absolute atomic E-state index is 0.141. The minimum atomic E-state index is -0.300. The van der Waals surface area contributed by atoms with Gasteiger partial charge in [-0.1, -0.05) is 18.2 Å². The third kappa shape index (κ3) is 5.19. The van der Waals surface area contributed by atoms with Gasteiger partial charge in [0, 0.05) is 32.4 Å². The molecule has 1 aromatic carbocycles. The average molecular weight is 420 g/mol. The summed E-state index contributed by atoms with van der Waals surface area (Å²) in [5, 5.41) is 2.74. The molecule has 0 atom stereocenters. The fourth-order valence-corrected chi connectivity index (χ4v) is 3.30. The van der Waals surface area contributed by atoms with Crippen LogP contribution in [0.5, 0.6) is 11.5 Å². The Morgan fingerprint density at radius 3 is 2.29 bits per heavy atom. The molecule has 1 aliphatic rings. The van der Waals surface area contributed by atoms with Crippen molar-refractivity contribution < 1.29 is 14.3 Å². The Kier molecular flexibility index (Phi) is 6.41. The number of hydrogen-bond acceptors (Lipinski definition) is 8. The second-order valence-corrected chi connectivity index (χ2v) is 6.92. The van der Waals surface area contributed by atoms with Gasteiger partial charge in [0.05, 0.1) is 25.2 Å². The number of carbonyl (C=O) groups is 1. The molecule has 2 aromatic heterocycles. The molecular weight excluding hydrogens is 396 g/mol. The first-order chi connectivity index (χ1) is 15.2. The first-order valence-electron chi connectivity index (χ1n) is 10.0. The Balaban J connectivity index is 1.27. The Morgan fingerprint density at radius 2 is 1.61 bits per heavy atom. The minimum Gasteiger partial charge on any atom is -0.493 e. The van der Waals surface area contributed by atoms with E-state index in [1.54, 1.807) is 37.8 Å². The standard InChI is InChI=1S/C22H24N6O3/c1-30-18-6-2-3-7-19(18)31-16-21(29)26-17-14-24-22(25-15-17)28-12-10-27(11-13-28)20-8-4-5-9-23-20/h2-9,14-15H,10-13,16H2,1H3,(H,26,29).